The molecule has 0 fully saturated rings. The Bertz CT molecular complexity index is 633. The maximum atomic E-state index is 9.26. The van der Waals surface area contributed by atoms with Crippen LogP contribution in [0.5, 0.6) is 5.75 Å². The second kappa shape index (κ2) is 10.8. The lowest BCUT2D eigenvalue weighted by molar-refractivity contribution is 0.237. The first-order valence-corrected chi connectivity index (χ1v) is 8.38. The Labute approximate surface area is 159 Å². The Morgan fingerprint density at radius 3 is 2.54 bits per heavy atom. The molecule has 132 valence electrons. The minimum atomic E-state index is 0. The quantitative estimate of drug-likeness (QED) is 0.676. The average Bonchev–Trinajstić information content (AvgIpc) is 2.56. The fourth-order valence-corrected chi connectivity index (χ4v) is 2.64. The molecule has 1 atom stereocenters. The van der Waals surface area contributed by atoms with Crippen LogP contribution >= 0.6 is 35.6 Å². The second-order valence-corrected chi connectivity index (χ2v) is 6.14. The molecule has 24 heavy (non-hydrogen) atoms. The van der Waals surface area contributed by atoms with Gasteiger partial charge in [-0.05, 0) is 24.6 Å². The molecule has 0 spiro atoms. The van der Waals surface area contributed by atoms with E-state index in [1.807, 2.05) is 37.3 Å². The minimum Gasteiger partial charge on any atom is -0.489 e. The van der Waals surface area contributed by atoms with Gasteiger partial charge in [0, 0.05) is 33.8 Å². The summed E-state index contributed by atoms with van der Waals surface area (Å²) in [6.45, 7) is 3.19. The normalized spacial score (nSPS) is 11.7. The maximum absolute atomic E-state index is 9.26. The Morgan fingerprint density at radius 2 is 1.88 bits per heavy atom. The standard InChI is InChI=1S/C18H21Cl2NO2.ClH/c1-2-16(11-22)21-10-13-5-3-4-6-18(13)23-12-14-7-8-15(19)9-17(14)20;/h3-9,16,21-22H,2,10-12H2,1H3;1H. The molecule has 3 nitrogen and oxygen atoms in total. The molecule has 0 amide bonds. The van der Waals surface area contributed by atoms with E-state index in [4.69, 9.17) is 27.9 Å². The number of para-hydroxylation sites is 1. The van der Waals surface area contributed by atoms with Gasteiger partial charge in [0.05, 0.1) is 6.61 Å². The Kier molecular flexibility index (Phi) is 9.49. The molecule has 2 N–H and O–H groups in total. The first-order valence-electron chi connectivity index (χ1n) is 7.63. The van der Waals surface area contributed by atoms with Crippen LogP contribution in [0.25, 0.3) is 0 Å². The lowest BCUT2D eigenvalue weighted by atomic mass is 10.1. The molecule has 0 saturated carbocycles. The summed E-state index contributed by atoms with van der Waals surface area (Å²) in [7, 11) is 0. The van der Waals surface area contributed by atoms with Crippen molar-refractivity contribution >= 4 is 35.6 Å². The SMILES string of the molecule is CCC(CO)NCc1ccccc1OCc1ccc(Cl)cc1Cl.Cl. The summed E-state index contributed by atoms with van der Waals surface area (Å²) in [6.07, 6.45) is 0.875. The zero-order valence-corrected chi connectivity index (χ0v) is 15.8. The number of aliphatic hydroxyl groups excluding tert-OH is 1. The summed E-state index contributed by atoms with van der Waals surface area (Å²) in [4.78, 5) is 0. The summed E-state index contributed by atoms with van der Waals surface area (Å²) in [5, 5.41) is 13.8. The van der Waals surface area contributed by atoms with Gasteiger partial charge < -0.3 is 15.2 Å². The molecule has 0 aliphatic heterocycles. The Morgan fingerprint density at radius 1 is 1.12 bits per heavy atom. The highest BCUT2D eigenvalue weighted by Crippen LogP contribution is 2.24. The van der Waals surface area contributed by atoms with Crippen molar-refractivity contribution in [1.82, 2.24) is 5.32 Å². The van der Waals surface area contributed by atoms with E-state index >= 15 is 0 Å². The molecule has 2 aromatic rings. The van der Waals surface area contributed by atoms with Crippen LogP contribution in [-0.4, -0.2) is 17.8 Å². The lowest BCUT2D eigenvalue weighted by Crippen LogP contribution is -2.31. The van der Waals surface area contributed by atoms with E-state index in [1.54, 1.807) is 12.1 Å². The minimum absolute atomic E-state index is 0. The van der Waals surface area contributed by atoms with Crippen LogP contribution in [0.1, 0.15) is 24.5 Å². The molecule has 1 unspecified atom stereocenters. The summed E-state index contributed by atoms with van der Waals surface area (Å²) in [5.41, 5.74) is 1.94. The number of hydrogen-bond acceptors (Lipinski definition) is 3. The molecule has 0 aromatic heterocycles. The van der Waals surface area contributed by atoms with E-state index in [2.05, 4.69) is 5.32 Å². The molecule has 0 saturated heterocycles. The van der Waals surface area contributed by atoms with Gasteiger partial charge >= 0.3 is 0 Å². The van der Waals surface area contributed by atoms with Crippen molar-refractivity contribution < 1.29 is 9.84 Å². The van der Waals surface area contributed by atoms with Crippen LogP contribution in [0.15, 0.2) is 42.5 Å². The van der Waals surface area contributed by atoms with Crippen LogP contribution in [-0.2, 0) is 13.2 Å². The van der Waals surface area contributed by atoms with Crippen LogP contribution in [0.3, 0.4) is 0 Å². The topological polar surface area (TPSA) is 41.5 Å². The van der Waals surface area contributed by atoms with Crippen molar-refractivity contribution in [3.8, 4) is 5.75 Å². The van der Waals surface area contributed by atoms with Crippen molar-refractivity contribution in [2.24, 2.45) is 0 Å². The van der Waals surface area contributed by atoms with Crippen molar-refractivity contribution in [1.29, 1.82) is 0 Å². The number of hydrogen-bond donors (Lipinski definition) is 2. The first-order chi connectivity index (χ1) is 11.1. The zero-order chi connectivity index (χ0) is 16.7. The van der Waals surface area contributed by atoms with E-state index in [0.29, 0.717) is 23.2 Å². The molecule has 0 bridgehead atoms. The number of benzene rings is 2. The van der Waals surface area contributed by atoms with E-state index in [1.165, 1.54) is 0 Å². The molecule has 0 aliphatic carbocycles. The fourth-order valence-electron chi connectivity index (χ4n) is 2.18. The van der Waals surface area contributed by atoms with Gasteiger partial charge in [-0.1, -0.05) is 54.4 Å². The second-order valence-electron chi connectivity index (χ2n) is 5.30. The molecule has 6 heteroatoms. The number of aliphatic hydroxyl groups is 1. The molecule has 0 radical (unpaired) electrons. The summed E-state index contributed by atoms with van der Waals surface area (Å²) < 4.78 is 5.91. The van der Waals surface area contributed by atoms with E-state index in [0.717, 1.165) is 23.3 Å². The Balaban J connectivity index is 0.00000288. The monoisotopic (exact) mass is 389 g/mol. The highest BCUT2D eigenvalue weighted by atomic mass is 35.5. The molecular weight excluding hydrogens is 369 g/mol. The van der Waals surface area contributed by atoms with Gasteiger partial charge in [0.2, 0.25) is 0 Å². The molecule has 2 aromatic carbocycles. The van der Waals surface area contributed by atoms with Gasteiger partial charge in [0.1, 0.15) is 12.4 Å². The number of ether oxygens (including phenoxy) is 1. The third kappa shape index (κ3) is 6.15. The molecule has 0 aliphatic rings. The first kappa shape index (κ1) is 21.1. The average molecular weight is 391 g/mol. The maximum Gasteiger partial charge on any atom is 0.124 e. The van der Waals surface area contributed by atoms with Gasteiger partial charge in [-0.25, -0.2) is 0 Å². The third-order valence-electron chi connectivity index (χ3n) is 3.67. The lowest BCUT2D eigenvalue weighted by Gasteiger charge is -2.16. The molecular formula is C18H22Cl3NO2. The van der Waals surface area contributed by atoms with E-state index < -0.39 is 0 Å². The largest absolute Gasteiger partial charge is 0.489 e. The van der Waals surface area contributed by atoms with Crippen LogP contribution < -0.4 is 10.1 Å². The smallest absolute Gasteiger partial charge is 0.124 e. The molecule has 2 rings (SSSR count). The highest BCUT2D eigenvalue weighted by molar-refractivity contribution is 6.35. The van der Waals surface area contributed by atoms with Crippen LogP contribution in [0.4, 0.5) is 0 Å². The number of halogens is 3. The predicted molar refractivity (Wildman–Crippen MR) is 102 cm³/mol. The van der Waals surface area contributed by atoms with Crippen LogP contribution in [0, 0.1) is 0 Å². The Hall–Kier alpha value is -0.970. The van der Waals surface area contributed by atoms with Gasteiger partial charge in [-0.2, -0.15) is 0 Å². The third-order valence-corrected chi connectivity index (χ3v) is 4.25. The van der Waals surface area contributed by atoms with Gasteiger partial charge in [0.25, 0.3) is 0 Å². The fraction of sp³-hybridized carbons (Fsp3) is 0.333. The van der Waals surface area contributed by atoms with Crippen molar-refractivity contribution in [2.45, 2.75) is 32.5 Å². The van der Waals surface area contributed by atoms with Gasteiger partial charge in [0.15, 0.2) is 0 Å². The summed E-state index contributed by atoms with van der Waals surface area (Å²) in [5.74, 6) is 0.804. The van der Waals surface area contributed by atoms with Gasteiger partial charge in [-0.3, -0.25) is 0 Å². The van der Waals surface area contributed by atoms with E-state index in [-0.39, 0.29) is 25.1 Å². The van der Waals surface area contributed by atoms with Gasteiger partial charge in [-0.15, -0.1) is 12.4 Å². The van der Waals surface area contributed by atoms with E-state index in [9.17, 15) is 5.11 Å². The predicted octanol–water partition coefficient (Wildman–Crippen LogP) is 4.85. The molecule has 0 heterocycles. The highest BCUT2D eigenvalue weighted by Gasteiger charge is 2.08. The van der Waals surface area contributed by atoms with Crippen LogP contribution in [0.2, 0.25) is 10.0 Å². The number of rotatable bonds is 8. The van der Waals surface area contributed by atoms with Crippen molar-refractivity contribution in [2.75, 3.05) is 6.61 Å². The van der Waals surface area contributed by atoms with Crippen molar-refractivity contribution in [3.05, 3.63) is 63.6 Å². The number of nitrogens with one attached hydrogen (secondary N) is 1. The zero-order valence-electron chi connectivity index (χ0n) is 13.5. The summed E-state index contributed by atoms with van der Waals surface area (Å²) >= 11 is 12.1. The summed E-state index contributed by atoms with van der Waals surface area (Å²) in [6, 6.07) is 13.3. The van der Waals surface area contributed by atoms with Crippen molar-refractivity contribution in [3.63, 3.8) is 0 Å².